The standard InChI is InChI=1S/C52H52O10/c53-50(43-29-17-6-18-30-43)62-47-44(54-31-38-19-7-1-8-20-38)36-60-52(49(47)57-34-41-25-13-4-14-26-41)61-45-37-59-51(58-35-42-27-15-5-16-28-42)48(56-33-40-23-11-3-12-24-40)46(45)55-32-39-21-9-2-10-22-39/h1-30,44-49,51-52H,31-37H2/t44-,45+,46-,47+,48-,49+,51-,52+/m1/s1. The Morgan fingerprint density at radius 1 is 0.387 bits per heavy atom. The van der Waals surface area contributed by atoms with E-state index >= 15 is 0 Å². The fraction of sp³-hybridized carbons (Fsp3) is 0.288. The molecule has 2 fully saturated rings. The summed E-state index contributed by atoms with van der Waals surface area (Å²) in [5.41, 5.74) is 5.23. The maximum Gasteiger partial charge on any atom is 0.338 e. The van der Waals surface area contributed by atoms with Crippen LogP contribution in [0.15, 0.2) is 182 Å². The van der Waals surface area contributed by atoms with E-state index in [4.69, 9.17) is 42.6 Å². The highest BCUT2D eigenvalue weighted by atomic mass is 16.8. The van der Waals surface area contributed by atoms with E-state index in [2.05, 4.69) is 0 Å². The molecule has 2 aliphatic rings. The van der Waals surface area contributed by atoms with E-state index in [0.29, 0.717) is 12.2 Å². The maximum atomic E-state index is 13.9. The average Bonchev–Trinajstić information content (AvgIpc) is 3.34. The van der Waals surface area contributed by atoms with Gasteiger partial charge in [0.05, 0.1) is 51.8 Å². The van der Waals surface area contributed by atoms with Crippen molar-refractivity contribution in [3.05, 3.63) is 215 Å². The van der Waals surface area contributed by atoms with Crippen molar-refractivity contribution in [2.45, 2.75) is 82.2 Å². The minimum absolute atomic E-state index is 0.0509. The number of hydrogen-bond acceptors (Lipinski definition) is 10. The molecule has 6 aromatic carbocycles. The fourth-order valence-corrected chi connectivity index (χ4v) is 7.47. The van der Waals surface area contributed by atoms with Crippen molar-refractivity contribution in [2.75, 3.05) is 13.2 Å². The summed E-state index contributed by atoms with van der Waals surface area (Å²) in [6.07, 6.45) is -6.60. The molecule has 10 heteroatoms. The first kappa shape index (κ1) is 43.1. The first-order valence-corrected chi connectivity index (χ1v) is 21.1. The average molecular weight is 837 g/mol. The van der Waals surface area contributed by atoms with Crippen LogP contribution in [-0.2, 0) is 75.7 Å². The Labute approximate surface area is 363 Å². The Morgan fingerprint density at radius 3 is 1.21 bits per heavy atom. The normalized spacial score (nSPS) is 23.7. The Bertz CT molecular complexity index is 2180. The number of esters is 1. The van der Waals surface area contributed by atoms with E-state index in [-0.39, 0.29) is 39.6 Å². The van der Waals surface area contributed by atoms with Crippen molar-refractivity contribution in [1.29, 1.82) is 0 Å². The van der Waals surface area contributed by atoms with Gasteiger partial charge in [0, 0.05) is 0 Å². The summed E-state index contributed by atoms with van der Waals surface area (Å²) in [4.78, 5) is 13.9. The zero-order valence-electron chi connectivity index (χ0n) is 34.5. The van der Waals surface area contributed by atoms with Crippen molar-refractivity contribution < 1.29 is 47.4 Å². The molecule has 2 aliphatic heterocycles. The van der Waals surface area contributed by atoms with Crippen LogP contribution < -0.4 is 0 Å². The molecule has 6 aromatic rings. The Kier molecular flexibility index (Phi) is 15.7. The third-order valence-corrected chi connectivity index (χ3v) is 10.7. The van der Waals surface area contributed by atoms with Gasteiger partial charge in [-0.1, -0.05) is 170 Å². The van der Waals surface area contributed by atoms with E-state index < -0.39 is 55.2 Å². The van der Waals surface area contributed by atoms with Gasteiger partial charge in [-0.3, -0.25) is 0 Å². The van der Waals surface area contributed by atoms with Crippen LogP contribution >= 0.6 is 0 Å². The van der Waals surface area contributed by atoms with Crippen molar-refractivity contribution in [3.63, 3.8) is 0 Å². The summed E-state index contributed by atoms with van der Waals surface area (Å²) in [6.45, 7) is 1.43. The zero-order chi connectivity index (χ0) is 42.2. The SMILES string of the molecule is O=C(O[C@@H]1[C@H](OCc2ccccc2)[C@H](O[C@H]2CO[C@@H](OCc3ccccc3)[C@H](OCc3ccccc3)[C@@H]2OCc2ccccc2)OC[C@H]1OCc1ccccc1)c1ccccc1. The van der Waals surface area contributed by atoms with Gasteiger partial charge in [-0.2, -0.15) is 0 Å². The Morgan fingerprint density at radius 2 is 0.742 bits per heavy atom. The summed E-state index contributed by atoms with van der Waals surface area (Å²) in [5, 5.41) is 0. The van der Waals surface area contributed by atoms with E-state index in [9.17, 15) is 4.79 Å². The highest BCUT2D eigenvalue weighted by molar-refractivity contribution is 5.89. The van der Waals surface area contributed by atoms with Gasteiger partial charge in [0.1, 0.15) is 30.5 Å². The third kappa shape index (κ3) is 12.1. The smallest absolute Gasteiger partial charge is 0.338 e. The first-order chi connectivity index (χ1) is 30.7. The minimum Gasteiger partial charge on any atom is -0.453 e. The van der Waals surface area contributed by atoms with Crippen LogP contribution in [0.5, 0.6) is 0 Å². The van der Waals surface area contributed by atoms with Gasteiger partial charge < -0.3 is 42.6 Å². The maximum absolute atomic E-state index is 13.9. The monoisotopic (exact) mass is 836 g/mol. The molecule has 0 radical (unpaired) electrons. The highest BCUT2D eigenvalue weighted by Gasteiger charge is 2.50. The van der Waals surface area contributed by atoms with Crippen LogP contribution in [0.4, 0.5) is 0 Å². The molecule has 62 heavy (non-hydrogen) atoms. The molecular formula is C52H52O10. The van der Waals surface area contributed by atoms with Gasteiger partial charge in [-0.15, -0.1) is 0 Å². The van der Waals surface area contributed by atoms with Gasteiger partial charge in [-0.05, 0) is 39.9 Å². The van der Waals surface area contributed by atoms with Crippen molar-refractivity contribution in [2.24, 2.45) is 0 Å². The van der Waals surface area contributed by atoms with Gasteiger partial charge in [0.2, 0.25) is 0 Å². The lowest BCUT2D eigenvalue weighted by Crippen LogP contribution is -2.62. The summed E-state index contributed by atoms with van der Waals surface area (Å²) < 4.78 is 59.6. The minimum atomic E-state index is -1.04. The molecule has 0 unspecified atom stereocenters. The predicted molar refractivity (Wildman–Crippen MR) is 231 cm³/mol. The largest absolute Gasteiger partial charge is 0.453 e. The van der Waals surface area contributed by atoms with Crippen LogP contribution in [0, 0.1) is 0 Å². The molecule has 0 N–H and O–H groups in total. The summed E-state index contributed by atoms with van der Waals surface area (Å²) in [6, 6.07) is 58.3. The number of carbonyl (C=O) groups excluding carboxylic acids is 1. The van der Waals surface area contributed by atoms with Gasteiger partial charge in [0.15, 0.2) is 18.7 Å². The summed E-state index contributed by atoms with van der Waals surface area (Å²) in [7, 11) is 0. The third-order valence-electron chi connectivity index (χ3n) is 10.7. The second kappa shape index (κ2) is 22.5. The zero-order valence-corrected chi connectivity index (χ0v) is 34.5. The van der Waals surface area contributed by atoms with Crippen molar-refractivity contribution in [1.82, 2.24) is 0 Å². The molecule has 0 saturated carbocycles. The van der Waals surface area contributed by atoms with Crippen LogP contribution in [-0.4, -0.2) is 68.4 Å². The Balaban J connectivity index is 1.10. The van der Waals surface area contributed by atoms with E-state index in [1.54, 1.807) is 24.3 Å². The van der Waals surface area contributed by atoms with Gasteiger partial charge >= 0.3 is 5.97 Å². The number of rotatable bonds is 19. The molecule has 0 amide bonds. The predicted octanol–water partition coefficient (Wildman–Crippen LogP) is 8.87. The van der Waals surface area contributed by atoms with E-state index in [0.717, 1.165) is 27.8 Å². The van der Waals surface area contributed by atoms with Crippen LogP contribution in [0.3, 0.4) is 0 Å². The number of carbonyl (C=O) groups is 1. The lowest BCUT2D eigenvalue weighted by molar-refractivity contribution is -0.346. The lowest BCUT2D eigenvalue weighted by Gasteiger charge is -2.46. The van der Waals surface area contributed by atoms with Gasteiger partial charge in [-0.25, -0.2) is 4.79 Å². The summed E-state index contributed by atoms with van der Waals surface area (Å²) >= 11 is 0. The van der Waals surface area contributed by atoms with E-state index in [1.807, 2.05) is 158 Å². The number of hydrogen-bond donors (Lipinski definition) is 0. The van der Waals surface area contributed by atoms with Crippen LogP contribution in [0.25, 0.3) is 0 Å². The van der Waals surface area contributed by atoms with Crippen LogP contribution in [0.2, 0.25) is 0 Å². The second-order valence-electron chi connectivity index (χ2n) is 15.2. The molecule has 2 heterocycles. The molecule has 0 spiro atoms. The van der Waals surface area contributed by atoms with Crippen molar-refractivity contribution in [3.8, 4) is 0 Å². The second-order valence-corrected chi connectivity index (χ2v) is 15.2. The first-order valence-electron chi connectivity index (χ1n) is 21.1. The van der Waals surface area contributed by atoms with Crippen LogP contribution in [0.1, 0.15) is 38.2 Å². The molecule has 320 valence electrons. The molecule has 2 saturated heterocycles. The van der Waals surface area contributed by atoms with Crippen molar-refractivity contribution >= 4 is 5.97 Å². The van der Waals surface area contributed by atoms with E-state index in [1.165, 1.54) is 0 Å². The molecular weight excluding hydrogens is 785 g/mol. The number of ether oxygens (including phenoxy) is 9. The molecule has 0 aromatic heterocycles. The number of benzene rings is 6. The Hall–Kier alpha value is -5.53. The summed E-state index contributed by atoms with van der Waals surface area (Å²) in [5.74, 6) is -0.518. The highest BCUT2D eigenvalue weighted by Crippen LogP contribution is 2.33. The lowest BCUT2D eigenvalue weighted by atomic mass is 10.0. The molecule has 0 aliphatic carbocycles. The van der Waals surface area contributed by atoms with Gasteiger partial charge in [0.25, 0.3) is 0 Å². The molecule has 8 rings (SSSR count). The molecule has 10 nitrogen and oxygen atoms in total. The quantitative estimate of drug-likeness (QED) is 0.0736. The fourth-order valence-electron chi connectivity index (χ4n) is 7.47. The topological polar surface area (TPSA) is 100 Å². The molecule has 8 atom stereocenters. The molecule has 0 bridgehead atoms.